The molecular formula is C8H7N3O2S. The number of carboxylic acids is 1. The van der Waals surface area contributed by atoms with Gasteiger partial charge in [-0.15, -0.1) is 21.6 Å². The highest BCUT2D eigenvalue weighted by molar-refractivity contribution is 7.09. The molecule has 14 heavy (non-hydrogen) atoms. The van der Waals surface area contributed by atoms with Crippen molar-refractivity contribution in [2.75, 3.05) is 0 Å². The Morgan fingerprint density at radius 3 is 3.00 bits per heavy atom. The maximum absolute atomic E-state index is 11.0. The van der Waals surface area contributed by atoms with Gasteiger partial charge in [0.2, 0.25) is 5.54 Å². The van der Waals surface area contributed by atoms with E-state index in [4.69, 9.17) is 5.11 Å². The van der Waals surface area contributed by atoms with Gasteiger partial charge < -0.3 is 5.11 Å². The first-order valence-corrected chi connectivity index (χ1v) is 4.83. The van der Waals surface area contributed by atoms with Gasteiger partial charge >= 0.3 is 5.97 Å². The Morgan fingerprint density at radius 2 is 2.50 bits per heavy atom. The van der Waals surface area contributed by atoms with Crippen LogP contribution in [0.15, 0.2) is 33.0 Å². The molecule has 0 bridgehead atoms. The Balaban J connectivity index is 2.26. The lowest BCUT2D eigenvalue weighted by Crippen LogP contribution is -2.38. The highest BCUT2D eigenvalue weighted by atomic mass is 32.1. The minimum Gasteiger partial charge on any atom is -0.479 e. The summed E-state index contributed by atoms with van der Waals surface area (Å²) in [6.07, 6.45) is 1.59. The van der Waals surface area contributed by atoms with Gasteiger partial charge in [-0.05, 0) is 16.7 Å². The zero-order valence-electron chi connectivity index (χ0n) is 7.12. The summed E-state index contributed by atoms with van der Waals surface area (Å²) >= 11 is 1.50. The fraction of sp³-hybridized carbons (Fsp3) is 0.250. The van der Waals surface area contributed by atoms with Crippen LogP contribution in [0.25, 0.3) is 0 Å². The fourth-order valence-corrected chi connectivity index (χ4v) is 1.98. The summed E-state index contributed by atoms with van der Waals surface area (Å²) in [6.45, 7) is 0. The second-order valence-corrected chi connectivity index (χ2v) is 3.95. The molecule has 6 heteroatoms. The van der Waals surface area contributed by atoms with E-state index in [9.17, 15) is 4.79 Å². The SMILES string of the molecule is O=C(O)C1(Cc2cccs2)C=NN=N1. The molecule has 0 fully saturated rings. The van der Waals surface area contributed by atoms with Crippen molar-refractivity contribution >= 4 is 23.5 Å². The molecule has 1 N–H and O–H groups in total. The zero-order chi connectivity index (χ0) is 10.0. The molecule has 0 amide bonds. The molecule has 1 aromatic heterocycles. The first-order chi connectivity index (χ1) is 6.73. The van der Waals surface area contributed by atoms with Gasteiger partial charge in [0.1, 0.15) is 0 Å². The second-order valence-electron chi connectivity index (χ2n) is 2.92. The topological polar surface area (TPSA) is 74.4 Å². The molecule has 2 rings (SSSR count). The van der Waals surface area contributed by atoms with Gasteiger partial charge in [0, 0.05) is 11.3 Å². The van der Waals surface area contributed by atoms with E-state index in [1.807, 2.05) is 17.5 Å². The third-order valence-corrected chi connectivity index (χ3v) is 2.82. The Bertz CT molecular complexity index is 385. The van der Waals surface area contributed by atoms with Gasteiger partial charge in [0.25, 0.3) is 0 Å². The quantitative estimate of drug-likeness (QED) is 0.820. The first-order valence-electron chi connectivity index (χ1n) is 3.95. The Labute approximate surface area is 83.8 Å². The molecule has 1 atom stereocenters. The summed E-state index contributed by atoms with van der Waals surface area (Å²) < 4.78 is 0. The number of carbonyl (C=O) groups is 1. The smallest absolute Gasteiger partial charge is 0.339 e. The maximum atomic E-state index is 11.0. The van der Waals surface area contributed by atoms with E-state index in [0.29, 0.717) is 6.42 Å². The van der Waals surface area contributed by atoms with E-state index in [1.165, 1.54) is 17.6 Å². The molecule has 1 aliphatic heterocycles. The van der Waals surface area contributed by atoms with Crippen LogP contribution >= 0.6 is 11.3 Å². The number of carboxylic acid groups (broad SMARTS) is 1. The van der Waals surface area contributed by atoms with E-state index >= 15 is 0 Å². The largest absolute Gasteiger partial charge is 0.479 e. The summed E-state index contributed by atoms with van der Waals surface area (Å²) in [5, 5.41) is 21.4. The monoisotopic (exact) mass is 209 g/mol. The molecule has 0 aliphatic carbocycles. The van der Waals surface area contributed by atoms with Crippen molar-refractivity contribution in [3.63, 3.8) is 0 Å². The van der Waals surface area contributed by atoms with Crippen molar-refractivity contribution in [1.82, 2.24) is 0 Å². The molecular weight excluding hydrogens is 202 g/mol. The molecule has 0 aromatic carbocycles. The van der Waals surface area contributed by atoms with Crippen molar-refractivity contribution in [2.24, 2.45) is 15.4 Å². The molecule has 0 spiro atoms. The fourth-order valence-electron chi connectivity index (χ4n) is 1.19. The molecule has 0 radical (unpaired) electrons. The average Bonchev–Trinajstić information content (AvgIpc) is 2.76. The van der Waals surface area contributed by atoms with Crippen LogP contribution in [0.5, 0.6) is 0 Å². The van der Waals surface area contributed by atoms with Crippen molar-refractivity contribution in [3.05, 3.63) is 22.4 Å². The Kier molecular flexibility index (Phi) is 2.12. The van der Waals surface area contributed by atoms with Gasteiger partial charge in [-0.25, -0.2) is 4.79 Å². The Morgan fingerprint density at radius 1 is 1.64 bits per heavy atom. The standard InChI is InChI=1S/C8H7N3O2S/c12-7(13)8(5-9-11-10-8)4-6-2-1-3-14-6/h1-3,5H,4H2,(H,12,13). The molecule has 1 aliphatic rings. The lowest BCUT2D eigenvalue weighted by Gasteiger charge is -2.13. The highest BCUT2D eigenvalue weighted by Gasteiger charge is 2.40. The number of rotatable bonds is 3. The number of hydrogen-bond donors (Lipinski definition) is 1. The number of nitrogens with zero attached hydrogens (tertiary/aromatic N) is 3. The minimum absolute atomic E-state index is 0.312. The normalized spacial score (nSPS) is 24.3. The van der Waals surface area contributed by atoms with Crippen molar-refractivity contribution in [3.8, 4) is 0 Å². The Hall–Kier alpha value is -1.56. The van der Waals surface area contributed by atoms with E-state index < -0.39 is 11.5 Å². The van der Waals surface area contributed by atoms with Crippen LogP contribution < -0.4 is 0 Å². The van der Waals surface area contributed by atoms with Crippen LogP contribution in [0.1, 0.15) is 4.88 Å². The predicted octanol–water partition coefficient (Wildman–Crippen LogP) is 1.57. The van der Waals surface area contributed by atoms with Gasteiger partial charge in [-0.3, -0.25) is 0 Å². The van der Waals surface area contributed by atoms with Crippen molar-refractivity contribution < 1.29 is 9.90 Å². The van der Waals surface area contributed by atoms with Crippen LogP contribution in [-0.2, 0) is 11.2 Å². The third-order valence-electron chi connectivity index (χ3n) is 1.94. The van der Waals surface area contributed by atoms with Gasteiger partial charge in [0.05, 0.1) is 6.21 Å². The zero-order valence-corrected chi connectivity index (χ0v) is 7.94. The molecule has 0 saturated carbocycles. The van der Waals surface area contributed by atoms with Gasteiger partial charge in [0.15, 0.2) is 0 Å². The molecule has 1 aromatic rings. The summed E-state index contributed by atoms with van der Waals surface area (Å²) in [5.41, 5.74) is -1.29. The van der Waals surface area contributed by atoms with Crippen LogP contribution in [0, 0.1) is 0 Å². The van der Waals surface area contributed by atoms with Gasteiger partial charge in [-0.2, -0.15) is 0 Å². The van der Waals surface area contributed by atoms with E-state index in [0.717, 1.165) is 4.88 Å². The molecule has 2 heterocycles. The summed E-state index contributed by atoms with van der Waals surface area (Å²) in [5.74, 6) is -1.02. The average molecular weight is 209 g/mol. The summed E-state index contributed by atoms with van der Waals surface area (Å²) in [7, 11) is 0. The second kappa shape index (κ2) is 3.30. The van der Waals surface area contributed by atoms with Crippen LogP contribution in [0.2, 0.25) is 0 Å². The summed E-state index contributed by atoms with van der Waals surface area (Å²) in [4.78, 5) is 12.0. The number of hydrogen-bond acceptors (Lipinski definition) is 5. The lowest BCUT2D eigenvalue weighted by atomic mass is 9.97. The van der Waals surface area contributed by atoms with Crippen LogP contribution in [0.4, 0.5) is 0 Å². The first kappa shape index (κ1) is 9.01. The predicted molar refractivity (Wildman–Crippen MR) is 51.7 cm³/mol. The number of aliphatic carboxylic acids is 1. The molecule has 5 nitrogen and oxygen atoms in total. The van der Waals surface area contributed by atoms with Crippen molar-refractivity contribution in [1.29, 1.82) is 0 Å². The minimum atomic E-state index is -1.29. The lowest BCUT2D eigenvalue weighted by molar-refractivity contribution is -0.140. The van der Waals surface area contributed by atoms with Gasteiger partial charge in [-0.1, -0.05) is 6.07 Å². The van der Waals surface area contributed by atoms with E-state index in [1.54, 1.807) is 0 Å². The molecule has 72 valence electrons. The highest BCUT2D eigenvalue weighted by Crippen LogP contribution is 2.23. The molecule has 1 unspecified atom stereocenters. The van der Waals surface area contributed by atoms with Crippen LogP contribution in [0.3, 0.4) is 0 Å². The van der Waals surface area contributed by atoms with Crippen LogP contribution in [-0.4, -0.2) is 22.8 Å². The number of thiophene rings is 1. The van der Waals surface area contributed by atoms with E-state index in [2.05, 4.69) is 15.4 Å². The third kappa shape index (κ3) is 1.44. The van der Waals surface area contributed by atoms with Crippen molar-refractivity contribution in [2.45, 2.75) is 12.0 Å². The van der Waals surface area contributed by atoms with E-state index in [-0.39, 0.29) is 0 Å². The summed E-state index contributed by atoms with van der Waals surface area (Å²) in [6, 6.07) is 3.75. The maximum Gasteiger partial charge on any atom is 0.339 e. The molecule has 0 saturated heterocycles.